The lowest BCUT2D eigenvalue weighted by Gasteiger charge is -1.87. The lowest BCUT2D eigenvalue weighted by Crippen LogP contribution is -1.89. The third-order valence-corrected chi connectivity index (χ3v) is 1.56. The summed E-state index contributed by atoms with van der Waals surface area (Å²) in [7, 11) is -2.73. The first-order valence-electron chi connectivity index (χ1n) is 5.28. The minimum atomic E-state index is -4.67. The first-order chi connectivity index (χ1) is 9.33. The van der Waals surface area contributed by atoms with E-state index in [4.69, 9.17) is 17.5 Å². The van der Waals surface area contributed by atoms with Crippen LogP contribution in [-0.2, 0) is 24.0 Å². The topological polar surface area (TPSA) is 110 Å². The molecule has 0 bridgehead atoms. The summed E-state index contributed by atoms with van der Waals surface area (Å²) in [6.07, 6.45) is 10.9. The van der Waals surface area contributed by atoms with Crippen molar-refractivity contribution in [2.75, 3.05) is 4.93 Å². The molecule has 10 heteroatoms. The minimum Gasteiger partial charge on any atom is -0.341 e. The lowest BCUT2D eigenvalue weighted by atomic mass is 10.7. The van der Waals surface area contributed by atoms with Crippen molar-refractivity contribution < 1.29 is 17.5 Å². The van der Waals surface area contributed by atoms with Crippen molar-refractivity contribution in [1.82, 2.24) is 19.1 Å². The van der Waals surface area contributed by atoms with E-state index < -0.39 is 10.4 Å². The zero-order valence-corrected chi connectivity index (χ0v) is 14.4. The van der Waals surface area contributed by atoms with E-state index in [-0.39, 0.29) is 0 Å². The Labute approximate surface area is 132 Å². The van der Waals surface area contributed by atoms with E-state index in [1.807, 2.05) is 33.5 Å². The molecule has 0 atom stereocenters. The highest BCUT2D eigenvalue weighted by molar-refractivity contribution is 14.1. The molecule has 2 rings (SSSR count). The fourth-order valence-electron chi connectivity index (χ4n) is 0.800. The summed E-state index contributed by atoms with van der Waals surface area (Å²) in [6.45, 7) is 3.10. The molecule has 0 saturated heterocycles. The summed E-state index contributed by atoms with van der Waals surface area (Å²) in [6, 6.07) is 0. The number of rotatable bonds is 1. The average Bonchev–Trinajstić information content (AvgIpc) is 3.02. The second kappa shape index (κ2) is 13.0. The van der Waals surface area contributed by atoms with Crippen LogP contribution in [0.4, 0.5) is 0 Å². The summed E-state index contributed by atoms with van der Waals surface area (Å²) >= 11 is 2.15. The van der Waals surface area contributed by atoms with Crippen LogP contribution in [0.15, 0.2) is 37.4 Å². The maximum Gasteiger partial charge on any atom is 0.394 e. The number of imidazole rings is 2. The maximum atomic E-state index is 8.74. The molecule has 0 spiro atoms. The first-order valence-corrected chi connectivity index (χ1v) is 8.83. The Morgan fingerprint density at radius 3 is 1.70 bits per heavy atom. The molecule has 0 aliphatic carbocycles. The van der Waals surface area contributed by atoms with Crippen LogP contribution in [0.3, 0.4) is 0 Å². The second-order valence-corrected chi connectivity index (χ2v) is 3.96. The Balaban J connectivity index is 0. The van der Waals surface area contributed by atoms with Crippen LogP contribution in [0.5, 0.6) is 0 Å². The third kappa shape index (κ3) is 19.4. The molecule has 0 fully saturated rings. The molecule has 20 heavy (non-hydrogen) atoms. The van der Waals surface area contributed by atoms with E-state index in [9.17, 15) is 0 Å². The van der Waals surface area contributed by atoms with Gasteiger partial charge < -0.3 is 9.13 Å². The van der Waals surface area contributed by atoms with Gasteiger partial charge in [-0.05, 0) is 11.9 Å². The van der Waals surface area contributed by atoms with Gasteiger partial charge in [0.2, 0.25) is 0 Å². The zero-order chi connectivity index (χ0) is 16.0. The highest BCUT2D eigenvalue weighted by Gasteiger charge is 1.84. The molecular weight excluding hydrogens is 399 g/mol. The fraction of sp³-hybridized carbons (Fsp3) is 0.400. The summed E-state index contributed by atoms with van der Waals surface area (Å²) in [4.78, 5) is 9.61. The van der Waals surface area contributed by atoms with Crippen LogP contribution in [0.1, 0.15) is 6.92 Å². The van der Waals surface area contributed by atoms with Gasteiger partial charge in [0, 0.05) is 38.4 Å². The monoisotopic (exact) mass is 418 g/mol. The molecule has 0 aromatic carbocycles. The van der Waals surface area contributed by atoms with Gasteiger partial charge in [0.05, 0.1) is 12.7 Å². The van der Waals surface area contributed by atoms with Gasteiger partial charge in [-0.2, -0.15) is 8.42 Å². The van der Waals surface area contributed by atoms with Crippen molar-refractivity contribution in [3.63, 3.8) is 0 Å². The van der Waals surface area contributed by atoms with Gasteiger partial charge in [-0.25, -0.2) is 9.97 Å². The Bertz CT molecular complexity index is 491. The van der Waals surface area contributed by atoms with E-state index in [2.05, 4.69) is 39.5 Å². The van der Waals surface area contributed by atoms with Gasteiger partial charge >= 0.3 is 10.4 Å². The molecule has 116 valence electrons. The SMILES string of the molecule is CCn1ccnc1.CI.Cn1ccnc1.O=S(=O)(O)O. The van der Waals surface area contributed by atoms with E-state index in [1.165, 1.54) is 0 Å². The molecule has 2 aromatic heterocycles. The molecule has 0 amide bonds. The van der Waals surface area contributed by atoms with Crippen LogP contribution < -0.4 is 0 Å². The maximum absolute atomic E-state index is 8.74. The van der Waals surface area contributed by atoms with Gasteiger partial charge in [-0.3, -0.25) is 9.11 Å². The molecular formula is C10H19IN4O4S. The molecule has 0 saturated carbocycles. The molecule has 2 aromatic rings. The first kappa shape index (κ1) is 21.3. The predicted molar refractivity (Wildman–Crippen MR) is 85.2 cm³/mol. The predicted octanol–water partition coefficient (Wildman–Crippen LogP) is 1.72. The summed E-state index contributed by atoms with van der Waals surface area (Å²) in [5, 5.41) is 0. The van der Waals surface area contributed by atoms with E-state index >= 15 is 0 Å². The average molecular weight is 418 g/mol. The van der Waals surface area contributed by atoms with Crippen molar-refractivity contribution in [2.24, 2.45) is 7.05 Å². The van der Waals surface area contributed by atoms with E-state index in [0.717, 1.165) is 6.54 Å². The highest BCUT2D eigenvalue weighted by atomic mass is 127. The number of aryl methyl sites for hydroxylation is 2. The summed E-state index contributed by atoms with van der Waals surface area (Å²) < 4.78 is 35.5. The fourth-order valence-corrected chi connectivity index (χ4v) is 0.800. The summed E-state index contributed by atoms with van der Waals surface area (Å²) in [5.74, 6) is 0. The van der Waals surface area contributed by atoms with E-state index in [1.54, 1.807) is 25.0 Å². The van der Waals surface area contributed by atoms with Crippen molar-refractivity contribution in [3.05, 3.63) is 37.4 Å². The largest absolute Gasteiger partial charge is 0.394 e. The van der Waals surface area contributed by atoms with Crippen molar-refractivity contribution in [1.29, 1.82) is 0 Å². The highest BCUT2D eigenvalue weighted by Crippen LogP contribution is 1.81. The summed E-state index contributed by atoms with van der Waals surface area (Å²) in [5.41, 5.74) is 0. The molecule has 8 nitrogen and oxygen atoms in total. The van der Waals surface area contributed by atoms with Crippen LogP contribution in [0.25, 0.3) is 0 Å². The molecule has 0 unspecified atom stereocenters. The Hall–Kier alpha value is -0.980. The minimum absolute atomic E-state index is 1.01. The molecule has 2 N–H and O–H groups in total. The Kier molecular flexibility index (Phi) is 13.9. The third-order valence-electron chi connectivity index (χ3n) is 1.56. The molecule has 2 heterocycles. The smallest absolute Gasteiger partial charge is 0.341 e. The van der Waals surface area contributed by atoms with Crippen molar-refractivity contribution >= 4 is 33.0 Å². The molecule has 0 aliphatic rings. The number of nitrogens with zero attached hydrogens (tertiary/aromatic N) is 4. The van der Waals surface area contributed by atoms with Crippen molar-refractivity contribution in [2.45, 2.75) is 13.5 Å². The standard InChI is InChI=1S/C5H8N2.C4H6N2.CH3I.H2O4S/c1-2-7-4-3-6-5-7;1-6-3-2-5-4-6;1-2;1-5(2,3)4/h3-5H,2H2,1H3;2-4H,1H3;1H3;(H2,1,2,3,4). The van der Waals surface area contributed by atoms with Gasteiger partial charge in [0.1, 0.15) is 0 Å². The van der Waals surface area contributed by atoms with Crippen molar-refractivity contribution in [3.8, 4) is 0 Å². The number of hydrogen-bond acceptors (Lipinski definition) is 4. The van der Waals surface area contributed by atoms with Gasteiger partial charge in [0.25, 0.3) is 0 Å². The van der Waals surface area contributed by atoms with Crippen LogP contribution in [0, 0.1) is 0 Å². The quantitative estimate of drug-likeness (QED) is 0.415. The normalized spacial score (nSPS) is 9.10. The lowest BCUT2D eigenvalue weighted by molar-refractivity contribution is 0.381. The zero-order valence-electron chi connectivity index (χ0n) is 11.5. The van der Waals surface area contributed by atoms with Crippen LogP contribution in [-0.4, -0.2) is 41.6 Å². The Morgan fingerprint density at radius 2 is 1.55 bits per heavy atom. The molecule has 0 radical (unpaired) electrons. The van der Waals surface area contributed by atoms with Gasteiger partial charge in [-0.1, -0.05) is 22.6 Å². The van der Waals surface area contributed by atoms with Gasteiger partial charge in [0.15, 0.2) is 0 Å². The molecule has 0 aliphatic heterocycles. The van der Waals surface area contributed by atoms with Crippen LogP contribution >= 0.6 is 22.6 Å². The number of aromatic nitrogens is 4. The number of hydrogen-bond donors (Lipinski definition) is 2. The van der Waals surface area contributed by atoms with E-state index in [0.29, 0.717) is 0 Å². The Morgan fingerprint density at radius 1 is 1.10 bits per heavy atom. The van der Waals surface area contributed by atoms with Gasteiger partial charge in [-0.15, -0.1) is 0 Å². The second-order valence-electron chi connectivity index (χ2n) is 3.07. The number of halogens is 1. The number of alkyl halides is 1. The van der Waals surface area contributed by atoms with Crippen LogP contribution in [0.2, 0.25) is 0 Å².